The highest BCUT2D eigenvalue weighted by Gasteiger charge is 2.23. The van der Waals surface area contributed by atoms with Gasteiger partial charge in [-0.1, -0.05) is 6.92 Å². The van der Waals surface area contributed by atoms with Crippen LogP contribution in [0.1, 0.15) is 29.7 Å². The second kappa shape index (κ2) is 6.18. The molecule has 1 atom stereocenters. The van der Waals surface area contributed by atoms with Gasteiger partial charge in [0.2, 0.25) is 0 Å². The topological polar surface area (TPSA) is 74.7 Å². The zero-order valence-corrected chi connectivity index (χ0v) is 11.6. The van der Waals surface area contributed by atoms with E-state index in [1.165, 1.54) is 0 Å². The first-order chi connectivity index (χ1) is 9.13. The van der Waals surface area contributed by atoms with Crippen molar-refractivity contribution in [1.82, 2.24) is 15.2 Å². The Morgan fingerprint density at radius 2 is 2.32 bits per heavy atom. The zero-order valence-electron chi connectivity index (χ0n) is 11.6. The number of carbonyl (C=O) groups is 1. The van der Waals surface area contributed by atoms with Gasteiger partial charge in [-0.2, -0.15) is 0 Å². The van der Waals surface area contributed by atoms with Gasteiger partial charge in [0, 0.05) is 25.7 Å². The third-order valence-corrected chi connectivity index (χ3v) is 3.73. The number of nitrogens with two attached hydrogens (primary N) is 1. The Bertz CT molecular complexity index is 432. The Morgan fingerprint density at radius 3 is 3.00 bits per heavy atom. The van der Waals surface area contributed by atoms with Crippen molar-refractivity contribution in [2.45, 2.75) is 25.9 Å². The molecule has 0 aliphatic carbocycles. The molecule has 3 N–H and O–H groups in total. The number of amides is 1. The lowest BCUT2D eigenvalue weighted by atomic mass is 10.1. The van der Waals surface area contributed by atoms with Crippen molar-refractivity contribution in [2.24, 2.45) is 5.84 Å². The van der Waals surface area contributed by atoms with Crippen LogP contribution in [0.3, 0.4) is 0 Å². The number of furan rings is 1. The minimum Gasteiger partial charge on any atom is -0.455 e. The molecule has 0 spiro atoms. The Balaban J connectivity index is 1.94. The molecule has 1 aliphatic heterocycles. The normalized spacial score (nSPS) is 21.5. The Morgan fingerprint density at radius 1 is 1.53 bits per heavy atom. The van der Waals surface area contributed by atoms with Gasteiger partial charge in [0.15, 0.2) is 5.76 Å². The number of hydrogen-bond acceptors (Lipinski definition) is 5. The number of carbonyl (C=O) groups excluding carboxylic acids is 1. The third kappa shape index (κ3) is 3.34. The maximum atomic E-state index is 11.3. The van der Waals surface area contributed by atoms with Gasteiger partial charge in [-0.3, -0.25) is 15.1 Å². The van der Waals surface area contributed by atoms with Gasteiger partial charge in [0.05, 0.1) is 6.54 Å². The fraction of sp³-hybridized carbons (Fsp3) is 0.615. The van der Waals surface area contributed by atoms with Gasteiger partial charge in [0.1, 0.15) is 5.76 Å². The highest BCUT2D eigenvalue weighted by molar-refractivity contribution is 5.90. The van der Waals surface area contributed by atoms with Gasteiger partial charge in [-0.15, -0.1) is 0 Å². The molecule has 6 nitrogen and oxygen atoms in total. The molecule has 6 heteroatoms. The average Bonchev–Trinajstić information content (AvgIpc) is 2.88. The summed E-state index contributed by atoms with van der Waals surface area (Å²) in [5.41, 5.74) is 2.07. The highest BCUT2D eigenvalue weighted by Crippen LogP contribution is 2.15. The molecule has 0 saturated carbocycles. The first-order valence-electron chi connectivity index (χ1n) is 6.66. The van der Waals surface area contributed by atoms with E-state index in [4.69, 9.17) is 10.3 Å². The van der Waals surface area contributed by atoms with E-state index in [1.807, 2.05) is 6.07 Å². The zero-order chi connectivity index (χ0) is 13.8. The summed E-state index contributed by atoms with van der Waals surface area (Å²) < 4.78 is 5.49. The lowest BCUT2D eigenvalue weighted by Gasteiger charge is -2.38. The molecule has 1 saturated heterocycles. The fourth-order valence-electron chi connectivity index (χ4n) is 2.47. The number of nitrogens with zero attached hydrogens (tertiary/aromatic N) is 2. The molecule has 1 fully saturated rings. The van der Waals surface area contributed by atoms with Crippen LogP contribution in [0.2, 0.25) is 0 Å². The number of nitrogens with one attached hydrogen (secondary N) is 1. The van der Waals surface area contributed by atoms with Gasteiger partial charge in [-0.25, -0.2) is 5.84 Å². The van der Waals surface area contributed by atoms with Crippen molar-refractivity contribution < 1.29 is 9.21 Å². The number of rotatable bonds is 4. The molecule has 1 unspecified atom stereocenters. The molecule has 2 heterocycles. The summed E-state index contributed by atoms with van der Waals surface area (Å²) in [7, 11) is 2.17. The standard InChI is InChI=1S/C13H22N4O2/c1-3-10-8-17(7-6-16(10)2)9-11-4-5-12(19-11)13(18)15-14/h4-5,10H,3,6-9,14H2,1-2H3,(H,15,18). The van der Waals surface area contributed by atoms with Crippen molar-refractivity contribution in [3.05, 3.63) is 23.7 Å². The van der Waals surface area contributed by atoms with Crippen LogP contribution in [-0.2, 0) is 6.54 Å². The van der Waals surface area contributed by atoms with E-state index in [-0.39, 0.29) is 5.76 Å². The molecule has 106 valence electrons. The SMILES string of the molecule is CCC1CN(Cc2ccc(C(=O)NN)o2)CCN1C. The van der Waals surface area contributed by atoms with Gasteiger partial charge < -0.3 is 9.32 Å². The molecule has 0 radical (unpaired) electrons. The minimum absolute atomic E-state index is 0.263. The van der Waals surface area contributed by atoms with Gasteiger partial charge in [0.25, 0.3) is 0 Å². The minimum atomic E-state index is -0.393. The molecule has 0 aromatic carbocycles. The summed E-state index contributed by atoms with van der Waals surface area (Å²) in [4.78, 5) is 16.1. The third-order valence-electron chi connectivity index (χ3n) is 3.73. The van der Waals surface area contributed by atoms with E-state index in [0.29, 0.717) is 6.04 Å². The van der Waals surface area contributed by atoms with Crippen LogP contribution in [0.4, 0.5) is 0 Å². The van der Waals surface area contributed by atoms with Gasteiger partial charge >= 0.3 is 5.91 Å². The summed E-state index contributed by atoms with van der Waals surface area (Å²) in [5, 5.41) is 0. The number of likely N-dealkylation sites (N-methyl/N-ethyl adjacent to an activating group) is 1. The van der Waals surface area contributed by atoms with E-state index in [0.717, 1.165) is 38.4 Å². The molecule has 1 aromatic rings. The molecule has 19 heavy (non-hydrogen) atoms. The number of piperazine rings is 1. The van der Waals surface area contributed by atoms with E-state index in [1.54, 1.807) is 6.07 Å². The maximum Gasteiger partial charge on any atom is 0.300 e. The van der Waals surface area contributed by atoms with E-state index in [2.05, 4.69) is 29.2 Å². The van der Waals surface area contributed by atoms with Crippen LogP contribution < -0.4 is 11.3 Å². The number of nitrogen functional groups attached to an aromatic ring is 1. The monoisotopic (exact) mass is 266 g/mol. The van der Waals surface area contributed by atoms with Crippen LogP contribution in [0.15, 0.2) is 16.5 Å². The maximum absolute atomic E-state index is 11.3. The Hall–Kier alpha value is -1.37. The lowest BCUT2D eigenvalue weighted by molar-refractivity contribution is 0.0817. The van der Waals surface area contributed by atoms with Gasteiger partial charge in [-0.05, 0) is 25.6 Å². The second-order valence-electron chi connectivity index (χ2n) is 5.02. The summed E-state index contributed by atoms with van der Waals surface area (Å²) in [6, 6.07) is 4.09. The van der Waals surface area contributed by atoms with E-state index in [9.17, 15) is 4.79 Å². The number of hydrazine groups is 1. The molecule has 0 bridgehead atoms. The fourth-order valence-corrected chi connectivity index (χ4v) is 2.47. The molecule has 1 amide bonds. The summed E-state index contributed by atoms with van der Waals surface area (Å²) in [6.07, 6.45) is 1.14. The van der Waals surface area contributed by atoms with E-state index >= 15 is 0 Å². The summed E-state index contributed by atoms with van der Waals surface area (Å²) in [6.45, 7) is 6.07. The van der Waals surface area contributed by atoms with Crippen molar-refractivity contribution in [3.63, 3.8) is 0 Å². The molecule has 1 aliphatic rings. The van der Waals surface area contributed by atoms with E-state index < -0.39 is 5.91 Å². The molecular weight excluding hydrogens is 244 g/mol. The quantitative estimate of drug-likeness (QED) is 0.469. The first kappa shape index (κ1) is 14.0. The largest absolute Gasteiger partial charge is 0.455 e. The number of hydrogen-bond donors (Lipinski definition) is 2. The first-order valence-corrected chi connectivity index (χ1v) is 6.66. The Kier molecular flexibility index (Phi) is 4.57. The predicted octanol–water partition coefficient (Wildman–Crippen LogP) is 0.409. The summed E-state index contributed by atoms with van der Waals surface area (Å²) >= 11 is 0. The molecular formula is C13H22N4O2. The highest BCUT2D eigenvalue weighted by atomic mass is 16.4. The predicted molar refractivity (Wildman–Crippen MR) is 72.3 cm³/mol. The molecule has 2 rings (SSSR count). The van der Waals surface area contributed by atoms with Crippen LogP contribution >= 0.6 is 0 Å². The van der Waals surface area contributed by atoms with Crippen molar-refractivity contribution in [3.8, 4) is 0 Å². The lowest BCUT2D eigenvalue weighted by Crippen LogP contribution is -2.50. The van der Waals surface area contributed by atoms with Crippen LogP contribution in [0.5, 0.6) is 0 Å². The average molecular weight is 266 g/mol. The van der Waals surface area contributed by atoms with Crippen molar-refractivity contribution in [1.29, 1.82) is 0 Å². The van der Waals surface area contributed by atoms with Crippen LogP contribution in [0, 0.1) is 0 Å². The van der Waals surface area contributed by atoms with Crippen LogP contribution in [0.25, 0.3) is 0 Å². The van der Waals surface area contributed by atoms with Crippen molar-refractivity contribution in [2.75, 3.05) is 26.7 Å². The van der Waals surface area contributed by atoms with Crippen molar-refractivity contribution >= 4 is 5.91 Å². The second-order valence-corrected chi connectivity index (χ2v) is 5.02. The summed E-state index contributed by atoms with van der Waals surface area (Å²) in [5.74, 6) is 5.75. The van der Waals surface area contributed by atoms with Crippen LogP contribution in [-0.4, -0.2) is 48.4 Å². The smallest absolute Gasteiger partial charge is 0.300 e. The molecule has 1 aromatic heterocycles. The Labute approximate surface area is 113 Å².